The lowest BCUT2D eigenvalue weighted by molar-refractivity contribution is 0.286. The molecule has 0 aromatic rings. The van der Waals surface area contributed by atoms with Gasteiger partial charge in [-0.15, -0.1) is 0 Å². The molecule has 1 aliphatic rings. The third-order valence-electron chi connectivity index (χ3n) is 6.55. The van der Waals surface area contributed by atoms with Gasteiger partial charge in [0.15, 0.2) is 0 Å². The Kier molecular flexibility index (Phi) is 11.5. The fourth-order valence-electron chi connectivity index (χ4n) is 4.14. The van der Waals surface area contributed by atoms with Crippen LogP contribution in [0.25, 0.3) is 0 Å². The van der Waals surface area contributed by atoms with Crippen molar-refractivity contribution in [1.82, 2.24) is 0 Å². The molecule has 166 valence electrons. The lowest BCUT2D eigenvalue weighted by atomic mass is 9.77. The maximum Gasteiger partial charge on any atom is 0.111 e. The quantitative estimate of drug-likeness (QED) is 0.218. The Morgan fingerprint density at radius 2 is 1.83 bits per heavy atom. The second-order valence-electron chi connectivity index (χ2n) is 9.07. The van der Waals surface area contributed by atoms with Gasteiger partial charge in [-0.2, -0.15) is 0 Å². The van der Waals surface area contributed by atoms with Gasteiger partial charge in [-0.25, -0.2) is 0 Å². The predicted octanol–water partition coefficient (Wildman–Crippen LogP) is 8.90. The van der Waals surface area contributed by atoms with Gasteiger partial charge >= 0.3 is 0 Å². The van der Waals surface area contributed by atoms with Gasteiger partial charge in [0.25, 0.3) is 0 Å². The SMILES string of the molecule is C=C(/C=C\C(=C)C(=C)/C(C)=C\C(=C)C1=CCC(C(C)CCC(C)CCC)CC1)OC. The van der Waals surface area contributed by atoms with Crippen molar-refractivity contribution in [2.75, 3.05) is 7.11 Å². The summed E-state index contributed by atoms with van der Waals surface area (Å²) < 4.78 is 5.06. The molecule has 0 saturated carbocycles. The van der Waals surface area contributed by atoms with E-state index in [-0.39, 0.29) is 0 Å². The molecule has 0 heterocycles. The summed E-state index contributed by atoms with van der Waals surface area (Å²) in [4.78, 5) is 0. The molecule has 1 rings (SSSR count). The zero-order chi connectivity index (χ0) is 22.7. The van der Waals surface area contributed by atoms with Gasteiger partial charge in [0.05, 0.1) is 7.11 Å². The Morgan fingerprint density at radius 3 is 2.40 bits per heavy atom. The highest BCUT2D eigenvalue weighted by atomic mass is 16.5. The minimum absolute atomic E-state index is 0.603. The molecule has 0 radical (unpaired) electrons. The lowest BCUT2D eigenvalue weighted by Gasteiger charge is -2.28. The van der Waals surface area contributed by atoms with Crippen molar-refractivity contribution in [2.24, 2.45) is 17.8 Å². The number of ether oxygens (including phenoxy) is 1. The van der Waals surface area contributed by atoms with Gasteiger partial charge in [0.2, 0.25) is 0 Å². The van der Waals surface area contributed by atoms with Crippen LogP contribution < -0.4 is 0 Å². The highest BCUT2D eigenvalue weighted by molar-refractivity contribution is 5.52. The van der Waals surface area contributed by atoms with E-state index in [1.165, 1.54) is 44.1 Å². The molecule has 1 nitrogen and oxygen atoms in total. The Hall–Kier alpha value is -2.02. The summed E-state index contributed by atoms with van der Waals surface area (Å²) in [5.74, 6) is 3.09. The molecule has 1 aliphatic carbocycles. The molecule has 30 heavy (non-hydrogen) atoms. The van der Waals surface area contributed by atoms with E-state index in [0.29, 0.717) is 5.76 Å². The smallest absolute Gasteiger partial charge is 0.111 e. The van der Waals surface area contributed by atoms with Crippen LogP contribution in [0.4, 0.5) is 0 Å². The average Bonchev–Trinajstić information content (AvgIpc) is 2.75. The number of rotatable bonds is 13. The van der Waals surface area contributed by atoms with E-state index in [1.807, 2.05) is 12.2 Å². The molecule has 0 aliphatic heterocycles. The normalized spacial score (nSPS) is 19.2. The minimum Gasteiger partial charge on any atom is -0.497 e. The Balaban J connectivity index is 2.62. The first-order valence-corrected chi connectivity index (χ1v) is 11.6. The van der Waals surface area contributed by atoms with Gasteiger partial charge in [0, 0.05) is 0 Å². The summed E-state index contributed by atoms with van der Waals surface area (Å²) in [5, 5.41) is 0. The Morgan fingerprint density at radius 1 is 1.13 bits per heavy atom. The number of allylic oxidation sites excluding steroid dienone is 9. The molecule has 0 bridgehead atoms. The molecule has 0 amide bonds. The highest BCUT2D eigenvalue weighted by Crippen LogP contribution is 2.35. The third kappa shape index (κ3) is 8.78. The molecule has 0 aromatic heterocycles. The third-order valence-corrected chi connectivity index (χ3v) is 6.55. The van der Waals surface area contributed by atoms with Crippen LogP contribution in [0.2, 0.25) is 0 Å². The van der Waals surface area contributed by atoms with Crippen molar-refractivity contribution in [3.05, 3.63) is 84.2 Å². The van der Waals surface area contributed by atoms with Gasteiger partial charge < -0.3 is 4.74 Å². The van der Waals surface area contributed by atoms with Crippen LogP contribution in [-0.4, -0.2) is 7.11 Å². The molecular formula is C29H44O. The second-order valence-corrected chi connectivity index (χ2v) is 9.07. The van der Waals surface area contributed by atoms with E-state index >= 15 is 0 Å². The fraction of sp³-hybridized carbons (Fsp3) is 0.517. The first-order chi connectivity index (χ1) is 14.2. The maximum absolute atomic E-state index is 5.06. The van der Waals surface area contributed by atoms with Gasteiger partial charge in [-0.3, -0.25) is 0 Å². The van der Waals surface area contributed by atoms with Crippen molar-refractivity contribution < 1.29 is 4.74 Å². The van der Waals surface area contributed by atoms with Crippen molar-refractivity contribution >= 4 is 0 Å². The summed E-state index contributed by atoms with van der Waals surface area (Å²) in [5.41, 5.74) is 5.37. The van der Waals surface area contributed by atoms with Gasteiger partial charge in [-0.05, 0) is 77.9 Å². The zero-order valence-electron chi connectivity index (χ0n) is 20.2. The average molecular weight is 409 g/mol. The summed E-state index contributed by atoms with van der Waals surface area (Å²) in [7, 11) is 1.61. The monoisotopic (exact) mass is 408 g/mol. The number of hydrogen-bond acceptors (Lipinski definition) is 1. The maximum atomic E-state index is 5.06. The summed E-state index contributed by atoms with van der Waals surface area (Å²) in [6, 6.07) is 0. The van der Waals surface area contributed by atoms with E-state index in [4.69, 9.17) is 4.74 Å². The predicted molar refractivity (Wildman–Crippen MR) is 134 cm³/mol. The summed E-state index contributed by atoms with van der Waals surface area (Å²) in [6.45, 7) is 25.6. The molecule has 0 aromatic carbocycles. The fourth-order valence-corrected chi connectivity index (χ4v) is 4.14. The van der Waals surface area contributed by atoms with E-state index in [9.17, 15) is 0 Å². The zero-order valence-corrected chi connectivity index (χ0v) is 20.2. The van der Waals surface area contributed by atoms with Crippen molar-refractivity contribution in [3.63, 3.8) is 0 Å². The highest BCUT2D eigenvalue weighted by Gasteiger charge is 2.21. The first kappa shape index (κ1) is 26.0. The van der Waals surface area contributed by atoms with Crippen LogP contribution in [-0.2, 0) is 4.74 Å². The van der Waals surface area contributed by atoms with Crippen LogP contribution in [0.1, 0.15) is 72.6 Å². The van der Waals surface area contributed by atoms with E-state index in [1.54, 1.807) is 7.11 Å². The molecule has 0 N–H and O–H groups in total. The van der Waals surface area contributed by atoms with Crippen LogP contribution in [0, 0.1) is 17.8 Å². The van der Waals surface area contributed by atoms with E-state index in [2.05, 4.69) is 66.2 Å². The van der Waals surface area contributed by atoms with Gasteiger partial charge in [-0.1, -0.05) is 91.0 Å². The Bertz CT molecular complexity index is 713. The molecule has 3 atom stereocenters. The van der Waals surface area contributed by atoms with Crippen LogP contribution in [0.5, 0.6) is 0 Å². The summed E-state index contributed by atoms with van der Waals surface area (Å²) >= 11 is 0. The van der Waals surface area contributed by atoms with Crippen LogP contribution >= 0.6 is 0 Å². The minimum atomic E-state index is 0.603. The van der Waals surface area contributed by atoms with Crippen molar-refractivity contribution in [2.45, 2.75) is 72.6 Å². The van der Waals surface area contributed by atoms with E-state index in [0.717, 1.165) is 46.5 Å². The largest absolute Gasteiger partial charge is 0.497 e. The lowest BCUT2D eigenvalue weighted by Crippen LogP contribution is -2.16. The number of methoxy groups -OCH3 is 1. The number of hydrogen-bond donors (Lipinski definition) is 0. The van der Waals surface area contributed by atoms with Crippen molar-refractivity contribution in [3.8, 4) is 0 Å². The molecule has 0 fully saturated rings. The van der Waals surface area contributed by atoms with Crippen LogP contribution in [0.3, 0.4) is 0 Å². The molecule has 1 heteroatoms. The molecule has 0 saturated heterocycles. The molecule has 0 spiro atoms. The second kappa shape index (κ2) is 13.3. The molecule has 3 unspecified atom stereocenters. The summed E-state index contributed by atoms with van der Waals surface area (Å²) in [6.07, 6.45) is 17.3. The Labute approximate surface area is 186 Å². The first-order valence-electron chi connectivity index (χ1n) is 11.6. The van der Waals surface area contributed by atoms with Crippen LogP contribution in [0.15, 0.2) is 84.2 Å². The van der Waals surface area contributed by atoms with Crippen molar-refractivity contribution in [1.29, 1.82) is 0 Å². The topological polar surface area (TPSA) is 9.23 Å². The molecular weight excluding hydrogens is 364 g/mol. The standard InChI is InChI=1S/C29H44O/c1-10-11-21(2)12-13-23(4)28-16-18-29(19-17-28)25(6)20-24(5)27(8)22(3)14-15-26(7)30-9/h14-15,18,20-21,23,28H,3,6-8,10-13,16-17,19H2,1-2,4-5,9H3/b15-14-,24-20-. The van der Waals surface area contributed by atoms with E-state index < -0.39 is 0 Å². The van der Waals surface area contributed by atoms with Gasteiger partial charge in [0.1, 0.15) is 5.76 Å².